The van der Waals surface area contributed by atoms with Gasteiger partial charge in [-0.05, 0) is 49.6 Å². The van der Waals surface area contributed by atoms with Gasteiger partial charge in [0, 0.05) is 7.05 Å². The molecular formula is C11H14N2O3. The molecule has 0 aromatic heterocycles. The zero-order valence-electron chi connectivity index (χ0n) is 9.77. The van der Waals surface area contributed by atoms with Gasteiger partial charge in [-0.1, -0.05) is 0 Å². The number of rotatable bonds is 2. The van der Waals surface area contributed by atoms with E-state index in [1.54, 1.807) is 12.1 Å². The van der Waals surface area contributed by atoms with Crippen molar-refractivity contribution in [1.82, 2.24) is 5.01 Å². The van der Waals surface area contributed by atoms with E-state index in [1.807, 2.05) is 20.8 Å². The van der Waals surface area contributed by atoms with E-state index in [9.17, 15) is 9.70 Å². The van der Waals surface area contributed by atoms with E-state index in [2.05, 4.69) is 5.29 Å². The second-order valence-corrected chi connectivity index (χ2v) is 3.66. The number of benzene rings is 1. The molecule has 0 aliphatic rings. The fourth-order valence-electron chi connectivity index (χ4n) is 1.26. The summed E-state index contributed by atoms with van der Waals surface area (Å²) in [7, 11) is 1.24. The molecule has 16 heavy (non-hydrogen) atoms. The summed E-state index contributed by atoms with van der Waals surface area (Å²) in [5.74, 6) is 0.418. The molecule has 0 atom stereocenters. The van der Waals surface area contributed by atoms with E-state index in [0.29, 0.717) is 10.8 Å². The highest BCUT2D eigenvalue weighted by molar-refractivity contribution is 5.70. The summed E-state index contributed by atoms with van der Waals surface area (Å²) in [4.78, 5) is 21.4. The lowest BCUT2D eigenvalue weighted by atomic mass is 10.0. The maximum Gasteiger partial charge on any atom is 0.438 e. The molecule has 0 saturated heterocycles. The lowest BCUT2D eigenvalue weighted by Crippen LogP contribution is -2.24. The topological polar surface area (TPSA) is 59.0 Å². The molecule has 0 saturated carbocycles. The Bertz CT molecular complexity index is 406. The second-order valence-electron chi connectivity index (χ2n) is 3.66. The van der Waals surface area contributed by atoms with Crippen molar-refractivity contribution >= 4 is 6.09 Å². The van der Waals surface area contributed by atoms with E-state index in [-0.39, 0.29) is 0 Å². The molecule has 0 radical (unpaired) electrons. The number of amides is 1. The second kappa shape index (κ2) is 4.74. The summed E-state index contributed by atoms with van der Waals surface area (Å²) >= 11 is 0. The Hall–Kier alpha value is -1.91. The maximum atomic E-state index is 11.3. The molecule has 0 unspecified atom stereocenters. The van der Waals surface area contributed by atoms with Gasteiger partial charge in [0.05, 0.1) is 5.29 Å². The van der Waals surface area contributed by atoms with Crippen LogP contribution in [0.5, 0.6) is 5.75 Å². The lowest BCUT2D eigenvalue weighted by Gasteiger charge is -2.11. The van der Waals surface area contributed by atoms with Crippen LogP contribution in [0.1, 0.15) is 16.7 Å². The van der Waals surface area contributed by atoms with Crippen molar-refractivity contribution < 1.29 is 9.53 Å². The standard InChI is InChI=1S/C11H14N2O3/c1-7-5-10(6-8(2)9(7)3)16-11(14)13(4)12-15/h5-6H,1-4H3. The molecule has 0 aliphatic heterocycles. The number of hydrogen-bond acceptors (Lipinski definition) is 4. The summed E-state index contributed by atoms with van der Waals surface area (Å²) in [6.45, 7) is 5.86. The number of carbonyl (C=O) groups excluding carboxylic acids is 1. The van der Waals surface area contributed by atoms with Crippen molar-refractivity contribution in [3.05, 3.63) is 33.7 Å². The van der Waals surface area contributed by atoms with Crippen LogP contribution in [-0.2, 0) is 0 Å². The van der Waals surface area contributed by atoms with Crippen molar-refractivity contribution in [3.8, 4) is 5.75 Å². The first-order valence-corrected chi connectivity index (χ1v) is 4.82. The highest BCUT2D eigenvalue weighted by atomic mass is 16.6. The van der Waals surface area contributed by atoms with E-state index >= 15 is 0 Å². The molecule has 86 valence electrons. The smallest absolute Gasteiger partial charge is 0.409 e. The molecule has 1 aromatic carbocycles. The van der Waals surface area contributed by atoms with Gasteiger partial charge in [-0.15, -0.1) is 4.91 Å². The van der Waals surface area contributed by atoms with Crippen LogP contribution in [0.2, 0.25) is 0 Å². The Balaban J connectivity index is 2.91. The first-order valence-electron chi connectivity index (χ1n) is 4.82. The van der Waals surface area contributed by atoms with E-state index < -0.39 is 6.09 Å². The first kappa shape index (κ1) is 12.2. The Kier molecular flexibility index (Phi) is 3.60. The van der Waals surface area contributed by atoms with E-state index in [1.165, 1.54) is 7.05 Å². The number of ether oxygens (including phenoxy) is 1. The van der Waals surface area contributed by atoms with Crippen LogP contribution >= 0.6 is 0 Å². The predicted molar refractivity (Wildman–Crippen MR) is 60.2 cm³/mol. The molecule has 0 aliphatic carbocycles. The molecule has 0 fully saturated rings. The molecule has 0 spiro atoms. The number of carbonyl (C=O) groups is 1. The summed E-state index contributed by atoms with van der Waals surface area (Å²) in [5.41, 5.74) is 3.22. The van der Waals surface area contributed by atoms with E-state index in [4.69, 9.17) is 4.74 Å². The predicted octanol–water partition coefficient (Wildman–Crippen LogP) is 2.72. The summed E-state index contributed by atoms with van der Waals surface area (Å²) < 4.78 is 4.98. The van der Waals surface area contributed by atoms with Crippen molar-refractivity contribution in [2.75, 3.05) is 7.05 Å². The normalized spacial score (nSPS) is 9.75. The molecule has 0 N–H and O–H groups in total. The fraction of sp³-hybridized carbons (Fsp3) is 0.364. The molecule has 5 nitrogen and oxygen atoms in total. The van der Waals surface area contributed by atoms with Gasteiger partial charge in [0.1, 0.15) is 5.75 Å². The Morgan fingerprint density at radius 2 is 1.75 bits per heavy atom. The minimum Gasteiger partial charge on any atom is -0.409 e. The molecule has 1 rings (SSSR count). The van der Waals surface area contributed by atoms with Gasteiger partial charge in [0.25, 0.3) is 0 Å². The first-order chi connectivity index (χ1) is 7.45. The molecule has 1 aromatic rings. The minimum absolute atomic E-state index is 0.418. The molecular weight excluding hydrogens is 208 g/mol. The Morgan fingerprint density at radius 1 is 1.25 bits per heavy atom. The van der Waals surface area contributed by atoms with Crippen LogP contribution in [0.15, 0.2) is 17.4 Å². The van der Waals surface area contributed by atoms with Crippen LogP contribution in [-0.4, -0.2) is 18.1 Å². The van der Waals surface area contributed by atoms with Crippen molar-refractivity contribution in [2.24, 2.45) is 5.29 Å². The molecule has 1 amide bonds. The van der Waals surface area contributed by atoms with Gasteiger partial charge < -0.3 is 4.74 Å². The maximum absolute atomic E-state index is 11.3. The monoisotopic (exact) mass is 222 g/mol. The molecule has 0 heterocycles. The minimum atomic E-state index is -0.794. The van der Waals surface area contributed by atoms with Gasteiger partial charge in [0.2, 0.25) is 0 Å². The molecule has 5 heteroatoms. The zero-order chi connectivity index (χ0) is 12.3. The zero-order valence-corrected chi connectivity index (χ0v) is 9.77. The van der Waals surface area contributed by atoms with Crippen molar-refractivity contribution in [1.29, 1.82) is 0 Å². The van der Waals surface area contributed by atoms with Gasteiger partial charge >= 0.3 is 6.09 Å². The number of hydrogen-bond donors (Lipinski definition) is 0. The third-order valence-electron chi connectivity index (χ3n) is 2.49. The van der Waals surface area contributed by atoms with Crippen LogP contribution in [0.3, 0.4) is 0 Å². The largest absolute Gasteiger partial charge is 0.438 e. The van der Waals surface area contributed by atoms with Gasteiger partial charge in [0.15, 0.2) is 0 Å². The van der Waals surface area contributed by atoms with Crippen LogP contribution in [0.4, 0.5) is 4.79 Å². The third-order valence-corrected chi connectivity index (χ3v) is 2.49. The lowest BCUT2D eigenvalue weighted by molar-refractivity contribution is 0.164. The van der Waals surface area contributed by atoms with Crippen LogP contribution < -0.4 is 4.74 Å². The van der Waals surface area contributed by atoms with Crippen molar-refractivity contribution in [2.45, 2.75) is 20.8 Å². The summed E-state index contributed by atoms with van der Waals surface area (Å²) in [5, 5.41) is 3.06. The van der Waals surface area contributed by atoms with Gasteiger partial charge in [-0.2, -0.15) is 5.01 Å². The van der Waals surface area contributed by atoms with Crippen LogP contribution in [0, 0.1) is 25.7 Å². The van der Waals surface area contributed by atoms with E-state index in [0.717, 1.165) is 16.7 Å². The highest BCUT2D eigenvalue weighted by Crippen LogP contribution is 2.21. The number of aryl methyl sites for hydroxylation is 2. The average molecular weight is 222 g/mol. The quantitative estimate of drug-likeness (QED) is 0.571. The Morgan fingerprint density at radius 3 is 2.19 bits per heavy atom. The molecule has 0 bridgehead atoms. The van der Waals surface area contributed by atoms with Gasteiger partial charge in [-0.3, -0.25) is 0 Å². The number of nitrogens with zero attached hydrogens (tertiary/aromatic N) is 2. The Labute approximate surface area is 94.0 Å². The fourth-order valence-corrected chi connectivity index (χ4v) is 1.26. The van der Waals surface area contributed by atoms with Crippen molar-refractivity contribution in [3.63, 3.8) is 0 Å². The SMILES string of the molecule is Cc1cc(OC(=O)N(C)N=O)cc(C)c1C. The summed E-state index contributed by atoms with van der Waals surface area (Å²) in [6.07, 6.45) is -0.794. The highest BCUT2D eigenvalue weighted by Gasteiger charge is 2.12. The third kappa shape index (κ3) is 2.56. The van der Waals surface area contributed by atoms with Crippen LogP contribution in [0.25, 0.3) is 0 Å². The van der Waals surface area contributed by atoms with Gasteiger partial charge in [-0.25, -0.2) is 4.79 Å². The summed E-state index contributed by atoms with van der Waals surface area (Å²) in [6, 6.07) is 3.50. The number of nitroso groups, excluding NO2 is 1. The average Bonchev–Trinajstić information content (AvgIpc) is 2.24.